The van der Waals surface area contributed by atoms with Gasteiger partial charge in [0.2, 0.25) is 0 Å². The zero-order valence-electron chi connectivity index (χ0n) is 14.2. The summed E-state index contributed by atoms with van der Waals surface area (Å²) in [4.78, 5) is 13.4. The van der Waals surface area contributed by atoms with Crippen molar-refractivity contribution in [2.24, 2.45) is 0 Å². The number of halogens is 3. The first-order valence-corrected chi connectivity index (χ1v) is 9.16. The van der Waals surface area contributed by atoms with Crippen molar-refractivity contribution in [3.8, 4) is 0 Å². The predicted octanol–water partition coefficient (Wildman–Crippen LogP) is 6.25. The number of carbonyl (C=O) groups excluding carboxylic acids is 1. The molecule has 0 aromatic heterocycles. The van der Waals surface area contributed by atoms with Crippen LogP contribution in [-0.2, 0) is 11.9 Å². The fourth-order valence-electron chi connectivity index (χ4n) is 2.38. The zero-order valence-corrected chi connectivity index (χ0v) is 15.0. The Morgan fingerprint density at radius 1 is 0.852 bits per heavy atom. The van der Waals surface area contributed by atoms with Crippen LogP contribution in [0.15, 0.2) is 83.8 Å². The first-order chi connectivity index (χ1) is 12.9. The Morgan fingerprint density at radius 2 is 1.48 bits per heavy atom. The Labute approximate surface area is 159 Å². The van der Waals surface area contributed by atoms with Crippen LogP contribution in [0.3, 0.4) is 0 Å². The van der Waals surface area contributed by atoms with E-state index in [9.17, 15) is 18.0 Å². The number of amides is 1. The number of carbonyl (C=O) groups is 1. The molecule has 138 valence electrons. The Morgan fingerprint density at radius 3 is 2.07 bits per heavy atom. The second-order valence-electron chi connectivity index (χ2n) is 5.83. The van der Waals surface area contributed by atoms with E-state index in [0.717, 1.165) is 23.4 Å². The first-order valence-electron chi connectivity index (χ1n) is 8.17. The number of rotatable bonds is 5. The lowest BCUT2D eigenvalue weighted by Gasteiger charge is -2.09. The Balaban J connectivity index is 1.58. The van der Waals surface area contributed by atoms with Crippen LogP contribution in [0.2, 0.25) is 0 Å². The molecule has 0 saturated carbocycles. The summed E-state index contributed by atoms with van der Waals surface area (Å²) in [6.07, 6.45) is -4.41. The minimum absolute atomic E-state index is 0.173. The van der Waals surface area contributed by atoms with Gasteiger partial charge < -0.3 is 5.32 Å². The van der Waals surface area contributed by atoms with Crippen LogP contribution in [0.25, 0.3) is 0 Å². The van der Waals surface area contributed by atoms with Gasteiger partial charge in [0.25, 0.3) is 5.91 Å². The van der Waals surface area contributed by atoms with E-state index in [1.165, 1.54) is 17.0 Å². The quantitative estimate of drug-likeness (QED) is 0.524. The van der Waals surface area contributed by atoms with Gasteiger partial charge in [-0.2, -0.15) is 13.2 Å². The molecule has 0 fully saturated rings. The second kappa shape index (κ2) is 8.31. The van der Waals surface area contributed by atoms with E-state index in [2.05, 4.69) is 5.32 Å². The molecule has 3 aromatic carbocycles. The third-order valence-corrected chi connectivity index (χ3v) is 4.92. The second-order valence-corrected chi connectivity index (χ2v) is 6.88. The lowest BCUT2D eigenvalue weighted by molar-refractivity contribution is -0.137. The van der Waals surface area contributed by atoms with Gasteiger partial charge >= 0.3 is 6.18 Å². The molecule has 0 saturated heterocycles. The van der Waals surface area contributed by atoms with Crippen LogP contribution in [0.5, 0.6) is 0 Å². The molecule has 0 atom stereocenters. The summed E-state index contributed by atoms with van der Waals surface area (Å²) >= 11 is 1.71. The summed E-state index contributed by atoms with van der Waals surface area (Å²) in [5, 5.41) is 2.69. The van der Waals surface area contributed by atoms with E-state index in [1.807, 2.05) is 42.5 Å². The minimum atomic E-state index is -4.41. The van der Waals surface area contributed by atoms with Crippen molar-refractivity contribution in [1.82, 2.24) is 0 Å². The summed E-state index contributed by atoms with van der Waals surface area (Å²) in [7, 11) is 0. The van der Waals surface area contributed by atoms with Gasteiger partial charge in [0.1, 0.15) is 0 Å². The molecule has 0 aliphatic carbocycles. The minimum Gasteiger partial charge on any atom is -0.322 e. The van der Waals surface area contributed by atoms with Crippen molar-refractivity contribution in [2.45, 2.75) is 16.8 Å². The largest absolute Gasteiger partial charge is 0.416 e. The van der Waals surface area contributed by atoms with Crippen LogP contribution in [-0.4, -0.2) is 5.91 Å². The predicted molar refractivity (Wildman–Crippen MR) is 102 cm³/mol. The van der Waals surface area contributed by atoms with Crippen LogP contribution >= 0.6 is 11.8 Å². The third kappa shape index (κ3) is 5.37. The molecule has 0 aliphatic rings. The van der Waals surface area contributed by atoms with Crippen molar-refractivity contribution in [1.29, 1.82) is 0 Å². The maximum atomic E-state index is 12.6. The summed E-state index contributed by atoms with van der Waals surface area (Å²) in [5.74, 6) is 0.354. The molecule has 1 amide bonds. The number of benzene rings is 3. The highest BCUT2D eigenvalue weighted by molar-refractivity contribution is 7.98. The van der Waals surface area contributed by atoms with E-state index < -0.39 is 17.6 Å². The zero-order chi connectivity index (χ0) is 19.3. The first kappa shape index (κ1) is 19.0. The van der Waals surface area contributed by atoms with Crippen LogP contribution in [0.4, 0.5) is 18.9 Å². The maximum absolute atomic E-state index is 12.6. The molecular weight excluding hydrogens is 371 g/mol. The number of nitrogens with one attached hydrogen (secondary N) is 1. The number of hydrogen-bond acceptors (Lipinski definition) is 2. The molecule has 3 rings (SSSR count). The van der Waals surface area contributed by atoms with Crippen molar-refractivity contribution in [3.63, 3.8) is 0 Å². The fraction of sp³-hybridized carbons (Fsp3) is 0.0952. The van der Waals surface area contributed by atoms with Gasteiger partial charge in [-0.25, -0.2) is 0 Å². The molecule has 0 bridgehead atoms. The van der Waals surface area contributed by atoms with E-state index >= 15 is 0 Å². The lowest BCUT2D eigenvalue weighted by Crippen LogP contribution is -2.12. The van der Waals surface area contributed by atoms with E-state index in [1.54, 1.807) is 23.9 Å². The van der Waals surface area contributed by atoms with Crippen molar-refractivity contribution in [3.05, 3.63) is 95.6 Å². The van der Waals surface area contributed by atoms with Gasteiger partial charge in [-0.05, 0) is 54.1 Å². The highest BCUT2D eigenvalue weighted by atomic mass is 32.2. The molecule has 2 nitrogen and oxygen atoms in total. The molecule has 27 heavy (non-hydrogen) atoms. The topological polar surface area (TPSA) is 29.1 Å². The maximum Gasteiger partial charge on any atom is 0.416 e. The molecular formula is C21H16F3NOS. The average molecular weight is 387 g/mol. The Kier molecular flexibility index (Phi) is 5.86. The van der Waals surface area contributed by atoms with Crippen LogP contribution < -0.4 is 5.32 Å². The van der Waals surface area contributed by atoms with Gasteiger partial charge in [0.05, 0.1) is 5.56 Å². The summed E-state index contributed by atoms with van der Waals surface area (Å²) in [6.45, 7) is 0. The van der Waals surface area contributed by atoms with Crippen molar-refractivity contribution >= 4 is 23.4 Å². The highest BCUT2D eigenvalue weighted by Crippen LogP contribution is 2.29. The van der Waals surface area contributed by atoms with Gasteiger partial charge in [0, 0.05) is 21.9 Å². The van der Waals surface area contributed by atoms with Gasteiger partial charge in [-0.15, -0.1) is 11.8 Å². The molecule has 3 aromatic rings. The number of alkyl halides is 3. The van der Waals surface area contributed by atoms with Crippen LogP contribution in [0.1, 0.15) is 21.5 Å². The molecule has 1 N–H and O–H groups in total. The summed E-state index contributed by atoms with van der Waals surface area (Å²) < 4.78 is 37.7. The molecule has 0 spiro atoms. The number of thioether (sulfide) groups is 1. The lowest BCUT2D eigenvalue weighted by atomic mass is 10.1. The third-order valence-electron chi connectivity index (χ3n) is 3.83. The monoisotopic (exact) mass is 387 g/mol. The van der Waals surface area contributed by atoms with Gasteiger partial charge in [0.15, 0.2) is 0 Å². The smallest absolute Gasteiger partial charge is 0.322 e. The number of anilines is 1. The average Bonchev–Trinajstić information content (AvgIpc) is 2.68. The van der Waals surface area contributed by atoms with Crippen molar-refractivity contribution in [2.75, 3.05) is 5.32 Å². The van der Waals surface area contributed by atoms with Crippen LogP contribution in [0, 0.1) is 0 Å². The molecule has 6 heteroatoms. The van der Waals surface area contributed by atoms with E-state index in [0.29, 0.717) is 5.69 Å². The SMILES string of the molecule is O=C(Nc1ccc(CSc2ccccc2)cc1)c1ccc(C(F)(F)F)cc1. The molecule has 0 radical (unpaired) electrons. The van der Waals surface area contributed by atoms with Gasteiger partial charge in [-0.3, -0.25) is 4.79 Å². The van der Waals surface area contributed by atoms with Gasteiger partial charge in [-0.1, -0.05) is 30.3 Å². The summed E-state index contributed by atoms with van der Waals surface area (Å²) in [6, 6.07) is 21.6. The Hall–Kier alpha value is -2.73. The standard InChI is InChI=1S/C21H16F3NOS/c22-21(23,24)17-10-8-16(9-11-17)20(26)25-18-12-6-15(7-13-18)14-27-19-4-2-1-3-5-19/h1-13H,14H2,(H,25,26). The Bertz CT molecular complexity index is 891. The molecule has 0 heterocycles. The summed E-state index contributed by atoms with van der Waals surface area (Å²) in [5.41, 5.74) is 1.09. The normalized spacial score (nSPS) is 11.2. The van der Waals surface area contributed by atoms with E-state index in [4.69, 9.17) is 0 Å². The number of hydrogen-bond donors (Lipinski definition) is 1. The molecule has 0 aliphatic heterocycles. The van der Waals surface area contributed by atoms with E-state index in [-0.39, 0.29) is 5.56 Å². The molecule has 0 unspecified atom stereocenters. The fourth-order valence-corrected chi connectivity index (χ4v) is 3.26. The van der Waals surface area contributed by atoms with Crippen molar-refractivity contribution < 1.29 is 18.0 Å². The highest BCUT2D eigenvalue weighted by Gasteiger charge is 2.30.